The van der Waals surface area contributed by atoms with E-state index in [1.807, 2.05) is 13.8 Å². The van der Waals surface area contributed by atoms with Crippen LogP contribution in [-0.4, -0.2) is 35.1 Å². The lowest BCUT2D eigenvalue weighted by Crippen LogP contribution is -2.54. The van der Waals surface area contributed by atoms with Crippen molar-refractivity contribution in [3.05, 3.63) is 0 Å². The molecule has 5 heteroatoms. The second-order valence-corrected chi connectivity index (χ2v) is 4.23. The molecule has 0 radical (unpaired) electrons. The third-order valence-corrected chi connectivity index (χ3v) is 2.82. The monoisotopic (exact) mass is 230 g/mol. The van der Waals surface area contributed by atoms with Crippen molar-refractivity contribution in [3.8, 4) is 0 Å². The van der Waals surface area contributed by atoms with Gasteiger partial charge in [-0.15, -0.1) is 0 Å². The molecule has 0 aromatic carbocycles. The van der Waals surface area contributed by atoms with Crippen LogP contribution < -0.4 is 10.6 Å². The van der Waals surface area contributed by atoms with Gasteiger partial charge >= 0.3 is 5.97 Å². The van der Waals surface area contributed by atoms with Crippen LogP contribution in [0.1, 0.15) is 40.5 Å². The number of nitrogens with one attached hydrogen (secondary N) is 2. The van der Waals surface area contributed by atoms with E-state index in [1.165, 1.54) is 6.92 Å². The van der Waals surface area contributed by atoms with Gasteiger partial charge in [0, 0.05) is 6.04 Å². The van der Waals surface area contributed by atoms with E-state index in [4.69, 9.17) is 5.11 Å². The summed E-state index contributed by atoms with van der Waals surface area (Å²) in [5, 5.41) is 14.5. The van der Waals surface area contributed by atoms with Crippen molar-refractivity contribution < 1.29 is 14.7 Å². The second-order valence-electron chi connectivity index (χ2n) is 4.23. The highest BCUT2D eigenvalue weighted by molar-refractivity contribution is 5.87. The van der Waals surface area contributed by atoms with Gasteiger partial charge in [0.2, 0.25) is 5.91 Å². The quantitative estimate of drug-likeness (QED) is 0.603. The number of carboxylic acid groups (broad SMARTS) is 1. The van der Waals surface area contributed by atoms with E-state index in [-0.39, 0.29) is 18.5 Å². The number of amides is 1. The molecule has 94 valence electrons. The molecule has 0 aromatic heterocycles. The maximum atomic E-state index is 11.5. The molecule has 16 heavy (non-hydrogen) atoms. The maximum absolute atomic E-state index is 11.5. The normalized spacial score (nSPS) is 16.2. The summed E-state index contributed by atoms with van der Waals surface area (Å²) in [5.74, 6) is -1.29. The van der Waals surface area contributed by atoms with Gasteiger partial charge in [0.1, 0.15) is 5.54 Å². The Kier molecular flexibility index (Phi) is 6.03. The summed E-state index contributed by atoms with van der Waals surface area (Å²) < 4.78 is 0. The summed E-state index contributed by atoms with van der Waals surface area (Å²) in [4.78, 5) is 22.5. The summed E-state index contributed by atoms with van der Waals surface area (Å²) in [6, 6.07) is 0.253. The van der Waals surface area contributed by atoms with E-state index in [2.05, 4.69) is 10.6 Å². The summed E-state index contributed by atoms with van der Waals surface area (Å²) in [6.45, 7) is 7.39. The van der Waals surface area contributed by atoms with E-state index in [1.54, 1.807) is 6.92 Å². The van der Waals surface area contributed by atoms with Crippen LogP contribution in [0.25, 0.3) is 0 Å². The molecule has 0 fully saturated rings. The Hall–Kier alpha value is -1.10. The number of hydrogen-bond acceptors (Lipinski definition) is 3. The molecule has 0 heterocycles. The minimum Gasteiger partial charge on any atom is -0.480 e. The van der Waals surface area contributed by atoms with E-state index in [0.717, 1.165) is 6.42 Å². The maximum Gasteiger partial charge on any atom is 0.329 e. The molecule has 0 aliphatic rings. The predicted molar refractivity (Wildman–Crippen MR) is 62.2 cm³/mol. The Labute approximate surface area is 96.6 Å². The van der Waals surface area contributed by atoms with Crippen molar-refractivity contribution in [2.45, 2.75) is 52.1 Å². The molecule has 0 bridgehead atoms. The van der Waals surface area contributed by atoms with E-state index >= 15 is 0 Å². The van der Waals surface area contributed by atoms with Crippen LogP contribution >= 0.6 is 0 Å². The molecule has 0 aromatic rings. The number of rotatable bonds is 7. The van der Waals surface area contributed by atoms with Crippen LogP contribution in [0.4, 0.5) is 0 Å². The van der Waals surface area contributed by atoms with Crippen molar-refractivity contribution in [2.75, 3.05) is 6.54 Å². The van der Waals surface area contributed by atoms with Gasteiger partial charge in [0.15, 0.2) is 0 Å². The predicted octanol–water partition coefficient (Wildman–Crippen LogP) is 0.744. The van der Waals surface area contributed by atoms with Gasteiger partial charge in [0.05, 0.1) is 6.54 Å². The Morgan fingerprint density at radius 2 is 1.94 bits per heavy atom. The van der Waals surface area contributed by atoms with Gasteiger partial charge in [-0.05, 0) is 26.7 Å². The topological polar surface area (TPSA) is 78.4 Å². The Morgan fingerprint density at radius 1 is 1.38 bits per heavy atom. The zero-order chi connectivity index (χ0) is 12.8. The first-order valence-corrected chi connectivity index (χ1v) is 5.63. The molecule has 2 unspecified atom stereocenters. The van der Waals surface area contributed by atoms with Gasteiger partial charge in [0.25, 0.3) is 0 Å². The third-order valence-electron chi connectivity index (χ3n) is 2.82. The molecule has 3 N–H and O–H groups in total. The molecule has 0 spiro atoms. The van der Waals surface area contributed by atoms with Crippen molar-refractivity contribution in [1.29, 1.82) is 0 Å². The summed E-state index contributed by atoms with van der Waals surface area (Å²) in [7, 11) is 0. The molecule has 0 rings (SSSR count). The lowest BCUT2D eigenvalue weighted by Gasteiger charge is -2.25. The second kappa shape index (κ2) is 6.48. The number of carbonyl (C=O) groups is 2. The first-order valence-electron chi connectivity index (χ1n) is 5.63. The van der Waals surface area contributed by atoms with Crippen molar-refractivity contribution in [2.24, 2.45) is 0 Å². The summed E-state index contributed by atoms with van der Waals surface area (Å²) in [6.07, 6.45) is 1.29. The minimum absolute atomic E-state index is 0.151. The summed E-state index contributed by atoms with van der Waals surface area (Å²) >= 11 is 0. The Morgan fingerprint density at radius 3 is 2.31 bits per heavy atom. The van der Waals surface area contributed by atoms with Crippen LogP contribution in [0.2, 0.25) is 0 Å². The van der Waals surface area contributed by atoms with E-state index < -0.39 is 11.5 Å². The third kappa shape index (κ3) is 4.61. The number of carboxylic acids is 1. The minimum atomic E-state index is -1.17. The van der Waals surface area contributed by atoms with Gasteiger partial charge in [-0.1, -0.05) is 13.8 Å². The fourth-order valence-electron chi connectivity index (χ4n) is 1.06. The van der Waals surface area contributed by atoms with Crippen molar-refractivity contribution in [3.63, 3.8) is 0 Å². The zero-order valence-electron chi connectivity index (χ0n) is 10.5. The SMILES string of the molecule is CCC(C)NCC(=O)NC(C)(CC)C(=O)O. The highest BCUT2D eigenvalue weighted by atomic mass is 16.4. The average Bonchev–Trinajstić information content (AvgIpc) is 2.25. The number of hydrogen-bond donors (Lipinski definition) is 3. The lowest BCUT2D eigenvalue weighted by molar-refractivity contribution is -0.146. The molecule has 0 aliphatic heterocycles. The number of aliphatic carboxylic acids is 1. The molecule has 2 atom stereocenters. The zero-order valence-corrected chi connectivity index (χ0v) is 10.5. The van der Waals surface area contributed by atoms with Gasteiger partial charge in [-0.2, -0.15) is 0 Å². The van der Waals surface area contributed by atoms with Crippen LogP contribution in [0.5, 0.6) is 0 Å². The first-order chi connectivity index (χ1) is 7.35. The van der Waals surface area contributed by atoms with Crippen LogP contribution in [0.15, 0.2) is 0 Å². The van der Waals surface area contributed by atoms with Crippen LogP contribution in [0, 0.1) is 0 Å². The van der Waals surface area contributed by atoms with E-state index in [0.29, 0.717) is 6.42 Å². The highest BCUT2D eigenvalue weighted by Crippen LogP contribution is 2.08. The van der Waals surface area contributed by atoms with Gasteiger partial charge in [-0.3, -0.25) is 4.79 Å². The molecular weight excluding hydrogens is 208 g/mol. The molecule has 0 saturated carbocycles. The first kappa shape index (κ1) is 14.9. The average molecular weight is 230 g/mol. The standard InChI is InChI=1S/C11H22N2O3/c1-5-8(3)12-7-9(14)13-11(4,6-2)10(15)16/h8,12H,5-7H2,1-4H3,(H,13,14)(H,15,16). The van der Waals surface area contributed by atoms with Gasteiger partial charge < -0.3 is 15.7 Å². The van der Waals surface area contributed by atoms with Crippen molar-refractivity contribution in [1.82, 2.24) is 10.6 Å². The molecule has 0 aliphatic carbocycles. The summed E-state index contributed by atoms with van der Waals surface area (Å²) in [5.41, 5.74) is -1.17. The molecular formula is C11H22N2O3. The Bertz CT molecular complexity index is 256. The number of carbonyl (C=O) groups excluding carboxylic acids is 1. The Balaban J connectivity index is 4.17. The smallest absolute Gasteiger partial charge is 0.329 e. The van der Waals surface area contributed by atoms with Gasteiger partial charge in [-0.25, -0.2) is 4.79 Å². The molecule has 0 saturated heterocycles. The molecule has 5 nitrogen and oxygen atoms in total. The van der Waals surface area contributed by atoms with Crippen LogP contribution in [0.3, 0.4) is 0 Å². The van der Waals surface area contributed by atoms with Crippen LogP contribution in [-0.2, 0) is 9.59 Å². The molecule has 1 amide bonds. The largest absolute Gasteiger partial charge is 0.480 e. The fraction of sp³-hybridized carbons (Fsp3) is 0.818. The highest BCUT2D eigenvalue weighted by Gasteiger charge is 2.32. The fourth-order valence-corrected chi connectivity index (χ4v) is 1.06. The van der Waals surface area contributed by atoms with Crippen molar-refractivity contribution >= 4 is 11.9 Å². The lowest BCUT2D eigenvalue weighted by atomic mass is 9.99. The van der Waals surface area contributed by atoms with E-state index in [9.17, 15) is 9.59 Å².